The third kappa shape index (κ3) is 3.93. The number of hydrogen-bond acceptors (Lipinski definition) is 4. The summed E-state index contributed by atoms with van der Waals surface area (Å²) in [7, 11) is -3.10. The number of alkyl halides is 1. The van der Waals surface area contributed by atoms with E-state index in [2.05, 4.69) is 10.3 Å². The Morgan fingerprint density at radius 3 is 2.95 bits per heavy atom. The van der Waals surface area contributed by atoms with Crippen molar-refractivity contribution in [2.75, 3.05) is 19.3 Å². The van der Waals surface area contributed by atoms with Gasteiger partial charge in [0.1, 0.15) is 5.69 Å². The maximum Gasteiger partial charge on any atom is 0.211 e. The van der Waals surface area contributed by atoms with Crippen LogP contribution in [0.15, 0.2) is 6.20 Å². The Hall–Kier alpha value is -0.660. The third-order valence-corrected chi connectivity index (χ3v) is 5.43. The lowest BCUT2D eigenvalue weighted by Crippen LogP contribution is -2.40. The van der Waals surface area contributed by atoms with Crippen LogP contribution in [0, 0.1) is 5.92 Å². The van der Waals surface area contributed by atoms with E-state index in [0.717, 1.165) is 25.0 Å². The second-order valence-corrected chi connectivity index (χ2v) is 7.88. The van der Waals surface area contributed by atoms with Gasteiger partial charge in [-0.05, 0) is 25.2 Å². The molecule has 0 bridgehead atoms. The molecule has 2 heterocycles. The molecule has 0 spiro atoms. The van der Waals surface area contributed by atoms with Crippen molar-refractivity contribution in [1.29, 1.82) is 0 Å². The normalized spacial score (nSPS) is 22.9. The van der Waals surface area contributed by atoms with Crippen LogP contribution < -0.4 is 0 Å². The first-order valence-electron chi connectivity index (χ1n) is 6.89. The first-order chi connectivity index (χ1) is 9.40. The van der Waals surface area contributed by atoms with Gasteiger partial charge in [-0.25, -0.2) is 12.7 Å². The molecule has 0 aliphatic carbocycles. The van der Waals surface area contributed by atoms with Gasteiger partial charge >= 0.3 is 0 Å². The summed E-state index contributed by atoms with van der Waals surface area (Å²) in [6.07, 6.45) is 5.85. The zero-order chi connectivity index (χ0) is 14.8. The van der Waals surface area contributed by atoms with Gasteiger partial charge in [-0.15, -0.1) is 16.7 Å². The van der Waals surface area contributed by atoms with E-state index >= 15 is 0 Å². The molecule has 6 nitrogen and oxygen atoms in total. The molecule has 1 fully saturated rings. The summed E-state index contributed by atoms with van der Waals surface area (Å²) in [5.41, 5.74) is 0.782. The van der Waals surface area contributed by atoms with Crippen molar-refractivity contribution in [3.63, 3.8) is 0 Å². The standard InChI is InChI=1S/C12H21ClN4O2S/c1-3-11(13)12-9-16(15-14-12)7-10-5-4-6-17(8-10)20(2,18)19/h9-11H,3-8H2,1-2H3. The second-order valence-electron chi connectivity index (χ2n) is 5.37. The van der Waals surface area contributed by atoms with Crippen LogP contribution in [0.3, 0.4) is 0 Å². The van der Waals surface area contributed by atoms with E-state index in [4.69, 9.17) is 11.6 Å². The van der Waals surface area contributed by atoms with Crippen LogP contribution in [0.2, 0.25) is 0 Å². The lowest BCUT2D eigenvalue weighted by Gasteiger charge is -2.30. The molecule has 114 valence electrons. The molecular weight excluding hydrogens is 300 g/mol. The molecule has 0 aromatic carbocycles. The molecule has 1 saturated heterocycles. The van der Waals surface area contributed by atoms with E-state index in [1.807, 2.05) is 13.1 Å². The minimum Gasteiger partial charge on any atom is -0.252 e. The molecule has 1 aromatic heterocycles. The maximum atomic E-state index is 11.6. The van der Waals surface area contributed by atoms with Gasteiger partial charge in [0, 0.05) is 25.8 Å². The van der Waals surface area contributed by atoms with Gasteiger partial charge in [0.15, 0.2) is 0 Å². The molecule has 0 amide bonds. The Balaban J connectivity index is 1.98. The Morgan fingerprint density at radius 1 is 1.55 bits per heavy atom. The quantitative estimate of drug-likeness (QED) is 0.773. The molecule has 20 heavy (non-hydrogen) atoms. The molecular formula is C12H21ClN4O2S. The van der Waals surface area contributed by atoms with Crippen molar-refractivity contribution < 1.29 is 8.42 Å². The number of hydrogen-bond donors (Lipinski definition) is 0. The van der Waals surface area contributed by atoms with Gasteiger partial charge in [-0.2, -0.15) is 0 Å². The predicted octanol–water partition coefficient (Wildman–Crippen LogP) is 1.64. The molecule has 1 aliphatic heterocycles. The molecule has 2 atom stereocenters. The number of piperidine rings is 1. The number of nitrogens with zero attached hydrogens (tertiary/aromatic N) is 4. The topological polar surface area (TPSA) is 68.1 Å². The largest absolute Gasteiger partial charge is 0.252 e. The maximum absolute atomic E-state index is 11.6. The van der Waals surface area contributed by atoms with Gasteiger partial charge in [-0.3, -0.25) is 4.68 Å². The zero-order valence-corrected chi connectivity index (χ0v) is 13.4. The summed E-state index contributed by atoms with van der Waals surface area (Å²) in [5, 5.41) is 8.04. The lowest BCUT2D eigenvalue weighted by molar-refractivity contribution is 0.239. The molecule has 0 radical (unpaired) electrons. The highest BCUT2D eigenvalue weighted by molar-refractivity contribution is 7.88. The van der Waals surface area contributed by atoms with Gasteiger partial charge in [0.05, 0.1) is 11.6 Å². The van der Waals surface area contributed by atoms with E-state index in [1.165, 1.54) is 6.26 Å². The summed E-state index contributed by atoms with van der Waals surface area (Å²) < 4.78 is 26.5. The fraction of sp³-hybridized carbons (Fsp3) is 0.833. The van der Waals surface area contributed by atoms with Crippen molar-refractivity contribution in [2.45, 2.75) is 38.1 Å². The molecule has 0 N–H and O–H groups in total. The summed E-state index contributed by atoms with van der Waals surface area (Å²) in [5.74, 6) is 0.281. The van der Waals surface area contributed by atoms with Crippen molar-refractivity contribution >= 4 is 21.6 Å². The minimum atomic E-state index is -3.10. The monoisotopic (exact) mass is 320 g/mol. The smallest absolute Gasteiger partial charge is 0.211 e. The highest BCUT2D eigenvalue weighted by Crippen LogP contribution is 2.23. The van der Waals surface area contributed by atoms with E-state index in [9.17, 15) is 8.42 Å². The van der Waals surface area contributed by atoms with Gasteiger partial charge in [0.25, 0.3) is 0 Å². The summed E-state index contributed by atoms with van der Waals surface area (Å²) in [4.78, 5) is 0. The first kappa shape index (κ1) is 15.7. The molecule has 8 heteroatoms. The third-order valence-electron chi connectivity index (χ3n) is 3.63. The Kier molecular flexibility index (Phi) is 5.04. The first-order valence-corrected chi connectivity index (χ1v) is 9.18. The van der Waals surface area contributed by atoms with Gasteiger partial charge in [0.2, 0.25) is 10.0 Å². The number of aromatic nitrogens is 3. The number of halogens is 1. The molecule has 0 saturated carbocycles. The lowest BCUT2D eigenvalue weighted by atomic mass is 10.00. The summed E-state index contributed by atoms with van der Waals surface area (Å²) in [6.45, 7) is 3.87. The molecule has 2 rings (SSSR count). The van der Waals surface area contributed by atoms with E-state index in [1.54, 1.807) is 8.99 Å². The Morgan fingerprint density at radius 2 is 2.30 bits per heavy atom. The van der Waals surface area contributed by atoms with Crippen LogP contribution in [-0.2, 0) is 16.6 Å². The van der Waals surface area contributed by atoms with Crippen molar-refractivity contribution in [3.05, 3.63) is 11.9 Å². The predicted molar refractivity (Wildman–Crippen MR) is 78.0 cm³/mol. The molecule has 1 aliphatic rings. The average Bonchev–Trinajstić information content (AvgIpc) is 2.85. The van der Waals surface area contributed by atoms with Gasteiger partial charge < -0.3 is 0 Å². The van der Waals surface area contributed by atoms with Crippen LogP contribution in [0.4, 0.5) is 0 Å². The SMILES string of the molecule is CCC(Cl)c1cn(CC2CCCN(S(C)(=O)=O)C2)nn1. The Labute approximate surface area is 125 Å². The molecule has 2 unspecified atom stereocenters. The van der Waals surface area contributed by atoms with E-state index < -0.39 is 10.0 Å². The van der Waals surface area contributed by atoms with E-state index in [0.29, 0.717) is 19.6 Å². The van der Waals surface area contributed by atoms with Crippen molar-refractivity contribution in [2.24, 2.45) is 5.92 Å². The minimum absolute atomic E-state index is 0.109. The second kappa shape index (κ2) is 6.41. The van der Waals surface area contributed by atoms with Crippen LogP contribution in [0.25, 0.3) is 0 Å². The van der Waals surface area contributed by atoms with Crippen LogP contribution in [0.1, 0.15) is 37.3 Å². The van der Waals surface area contributed by atoms with Gasteiger partial charge in [-0.1, -0.05) is 12.1 Å². The highest BCUT2D eigenvalue weighted by atomic mass is 35.5. The van der Waals surface area contributed by atoms with Crippen LogP contribution in [-0.4, -0.2) is 47.1 Å². The van der Waals surface area contributed by atoms with Crippen molar-refractivity contribution in [3.8, 4) is 0 Å². The number of sulfonamides is 1. The van der Waals surface area contributed by atoms with E-state index in [-0.39, 0.29) is 11.3 Å². The van der Waals surface area contributed by atoms with Crippen LogP contribution in [0.5, 0.6) is 0 Å². The average molecular weight is 321 g/mol. The highest BCUT2D eigenvalue weighted by Gasteiger charge is 2.26. The summed E-state index contributed by atoms with van der Waals surface area (Å²) in [6, 6.07) is 0. The summed E-state index contributed by atoms with van der Waals surface area (Å²) >= 11 is 6.13. The van der Waals surface area contributed by atoms with Crippen LogP contribution >= 0.6 is 11.6 Å². The Bertz CT molecular complexity index is 545. The fourth-order valence-corrected chi connectivity index (χ4v) is 3.54. The van der Waals surface area contributed by atoms with Crippen molar-refractivity contribution in [1.82, 2.24) is 19.3 Å². The fourth-order valence-electron chi connectivity index (χ4n) is 2.50. The molecule has 1 aromatic rings. The zero-order valence-electron chi connectivity index (χ0n) is 11.9. The number of rotatable bonds is 5.